The van der Waals surface area contributed by atoms with E-state index in [9.17, 15) is 9.59 Å². The van der Waals surface area contributed by atoms with Crippen molar-refractivity contribution in [3.63, 3.8) is 0 Å². The maximum absolute atomic E-state index is 12.8. The third-order valence-electron chi connectivity index (χ3n) is 6.48. The van der Waals surface area contributed by atoms with Crippen molar-refractivity contribution in [1.82, 2.24) is 15.5 Å². The predicted octanol–water partition coefficient (Wildman–Crippen LogP) is 4.15. The van der Waals surface area contributed by atoms with Crippen LogP contribution in [0.1, 0.15) is 36.8 Å². The minimum Gasteiger partial charge on any atom is -0.323 e. The molecule has 0 spiro atoms. The Balaban J connectivity index is 1.39. The van der Waals surface area contributed by atoms with Crippen LogP contribution in [0, 0.1) is 5.92 Å². The zero-order valence-corrected chi connectivity index (χ0v) is 17.8. The van der Waals surface area contributed by atoms with Gasteiger partial charge in [-0.2, -0.15) is 0 Å². The van der Waals surface area contributed by atoms with E-state index in [4.69, 9.17) is 11.6 Å². The monoisotopic (exact) mass is 425 g/mol. The summed E-state index contributed by atoms with van der Waals surface area (Å²) in [7, 11) is 0. The first kappa shape index (κ1) is 20.9. The van der Waals surface area contributed by atoms with Gasteiger partial charge in [0.1, 0.15) is 5.54 Å². The molecule has 2 aliphatic rings. The van der Waals surface area contributed by atoms with Crippen LogP contribution in [-0.2, 0) is 17.8 Å². The lowest BCUT2D eigenvalue weighted by atomic mass is 9.74. The molecule has 158 valence electrons. The van der Waals surface area contributed by atoms with Gasteiger partial charge in [0.15, 0.2) is 0 Å². The highest BCUT2D eigenvalue weighted by molar-refractivity contribution is 6.31. The van der Waals surface area contributed by atoms with E-state index in [-0.39, 0.29) is 17.9 Å². The highest BCUT2D eigenvalue weighted by Crippen LogP contribution is 2.35. The van der Waals surface area contributed by atoms with Gasteiger partial charge in [0.2, 0.25) is 0 Å². The third kappa shape index (κ3) is 4.52. The molecule has 3 amide bonds. The molecule has 2 saturated heterocycles. The van der Waals surface area contributed by atoms with Gasteiger partial charge < -0.3 is 5.32 Å². The van der Waals surface area contributed by atoms with E-state index in [0.29, 0.717) is 6.42 Å². The summed E-state index contributed by atoms with van der Waals surface area (Å²) in [5, 5.41) is 6.29. The Hall–Kier alpha value is -2.37. The van der Waals surface area contributed by atoms with Crippen LogP contribution >= 0.6 is 11.6 Å². The van der Waals surface area contributed by atoms with Crippen LogP contribution in [0.2, 0.25) is 5.02 Å². The predicted molar refractivity (Wildman–Crippen MR) is 118 cm³/mol. The van der Waals surface area contributed by atoms with Crippen molar-refractivity contribution in [2.75, 3.05) is 13.1 Å². The molecule has 0 aromatic heterocycles. The minimum absolute atomic E-state index is 0.141. The van der Waals surface area contributed by atoms with Gasteiger partial charge in [-0.3, -0.25) is 15.0 Å². The number of hydrogen-bond acceptors (Lipinski definition) is 3. The van der Waals surface area contributed by atoms with Crippen LogP contribution in [0.5, 0.6) is 0 Å². The van der Waals surface area contributed by atoms with E-state index in [1.165, 1.54) is 5.56 Å². The van der Waals surface area contributed by atoms with E-state index in [2.05, 4.69) is 33.7 Å². The molecule has 6 heteroatoms. The molecule has 0 radical (unpaired) electrons. The van der Waals surface area contributed by atoms with Crippen LogP contribution in [-0.4, -0.2) is 35.5 Å². The molecule has 30 heavy (non-hydrogen) atoms. The SMILES string of the molecule is O=C1NC(=O)C(CCCc2ccccc2)(C2CCN(Cc3ccccc3Cl)CC2)N1. The van der Waals surface area contributed by atoms with E-state index in [1.807, 2.05) is 36.4 Å². The first-order valence-corrected chi connectivity index (χ1v) is 11.1. The van der Waals surface area contributed by atoms with Crippen molar-refractivity contribution < 1.29 is 9.59 Å². The van der Waals surface area contributed by atoms with Crippen molar-refractivity contribution in [1.29, 1.82) is 0 Å². The molecule has 2 aromatic rings. The van der Waals surface area contributed by atoms with Gasteiger partial charge in [-0.25, -0.2) is 4.79 Å². The molecular weight excluding hydrogens is 398 g/mol. The highest BCUT2D eigenvalue weighted by atomic mass is 35.5. The number of nitrogens with zero attached hydrogens (tertiary/aromatic N) is 1. The van der Waals surface area contributed by atoms with Crippen LogP contribution in [0.15, 0.2) is 54.6 Å². The summed E-state index contributed by atoms with van der Waals surface area (Å²) in [6, 6.07) is 17.8. The maximum atomic E-state index is 12.8. The first-order chi connectivity index (χ1) is 14.6. The molecule has 2 aromatic carbocycles. The molecule has 1 unspecified atom stereocenters. The summed E-state index contributed by atoms with van der Waals surface area (Å²) in [5.41, 5.74) is 1.59. The molecule has 2 fully saturated rings. The Morgan fingerprint density at radius 1 is 1.00 bits per heavy atom. The molecule has 2 aliphatic heterocycles. The third-order valence-corrected chi connectivity index (χ3v) is 6.85. The number of carbonyl (C=O) groups excluding carboxylic acids is 2. The number of rotatable bonds is 7. The number of hydrogen-bond donors (Lipinski definition) is 2. The second kappa shape index (κ2) is 9.19. The molecular formula is C24H28ClN3O2. The van der Waals surface area contributed by atoms with E-state index < -0.39 is 5.54 Å². The number of halogens is 1. The topological polar surface area (TPSA) is 61.4 Å². The Kier molecular flexibility index (Phi) is 6.40. The molecule has 0 saturated carbocycles. The van der Waals surface area contributed by atoms with E-state index in [1.54, 1.807) is 0 Å². The van der Waals surface area contributed by atoms with Crippen molar-refractivity contribution in [3.05, 3.63) is 70.7 Å². The Morgan fingerprint density at radius 2 is 1.70 bits per heavy atom. The summed E-state index contributed by atoms with van der Waals surface area (Å²) >= 11 is 6.31. The lowest BCUT2D eigenvalue weighted by molar-refractivity contribution is -0.127. The number of urea groups is 1. The van der Waals surface area contributed by atoms with Gasteiger partial charge in [0.05, 0.1) is 0 Å². The van der Waals surface area contributed by atoms with Crippen molar-refractivity contribution in [3.8, 4) is 0 Å². The van der Waals surface area contributed by atoms with Gasteiger partial charge in [0, 0.05) is 11.6 Å². The van der Waals surface area contributed by atoms with Gasteiger partial charge in [-0.05, 0) is 68.3 Å². The maximum Gasteiger partial charge on any atom is 0.322 e. The Morgan fingerprint density at radius 3 is 2.37 bits per heavy atom. The van der Waals surface area contributed by atoms with Crippen LogP contribution in [0.3, 0.4) is 0 Å². The average molecular weight is 426 g/mol. The van der Waals surface area contributed by atoms with Gasteiger partial charge in [-0.1, -0.05) is 60.1 Å². The Bertz CT molecular complexity index is 896. The zero-order valence-electron chi connectivity index (χ0n) is 17.1. The summed E-state index contributed by atoms with van der Waals surface area (Å²) < 4.78 is 0. The lowest BCUT2D eigenvalue weighted by Crippen LogP contribution is -2.56. The number of nitrogens with one attached hydrogen (secondary N) is 2. The zero-order chi connectivity index (χ0) is 21.0. The van der Waals surface area contributed by atoms with Crippen molar-refractivity contribution in [2.45, 2.75) is 44.2 Å². The lowest BCUT2D eigenvalue weighted by Gasteiger charge is -2.41. The van der Waals surface area contributed by atoms with Crippen LogP contribution in [0.25, 0.3) is 0 Å². The standard InChI is InChI=1S/C24H28ClN3O2/c25-21-11-5-4-10-19(21)17-28-15-12-20(13-16-28)24(22(29)26-23(30)27-24)14-6-9-18-7-2-1-3-8-18/h1-5,7-8,10-11,20H,6,9,12-17H2,(H2,26,27,29,30). The fraction of sp³-hybridized carbons (Fsp3) is 0.417. The van der Waals surface area contributed by atoms with Crippen molar-refractivity contribution in [2.24, 2.45) is 5.92 Å². The summed E-state index contributed by atoms with van der Waals surface area (Å²) in [4.78, 5) is 27.2. The molecule has 4 rings (SSSR count). The number of piperidine rings is 1. The van der Waals surface area contributed by atoms with Gasteiger partial charge >= 0.3 is 6.03 Å². The number of imide groups is 1. The quantitative estimate of drug-likeness (QED) is 0.655. The number of aryl methyl sites for hydroxylation is 1. The van der Waals surface area contributed by atoms with Gasteiger partial charge in [-0.15, -0.1) is 0 Å². The smallest absolute Gasteiger partial charge is 0.322 e. The molecule has 2 heterocycles. The molecule has 0 bridgehead atoms. The minimum atomic E-state index is -0.789. The average Bonchev–Trinajstić information content (AvgIpc) is 3.05. The summed E-state index contributed by atoms with van der Waals surface area (Å²) in [6.07, 6.45) is 4.18. The van der Waals surface area contributed by atoms with Crippen LogP contribution in [0.4, 0.5) is 4.79 Å². The number of amides is 3. The van der Waals surface area contributed by atoms with E-state index >= 15 is 0 Å². The first-order valence-electron chi connectivity index (χ1n) is 10.7. The number of benzene rings is 2. The highest BCUT2D eigenvalue weighted by Gasteiger charge is 2.51. The summed E-state index contributed by atoms with van der Waals surface area (Å²) in [5.74, 6) is -0.0210. The Labute approximate surface area is 182 Å². The normalized spacial score (nSPS) is 22.7. The number of likely N-dealkylation sites (tertiary alicyclic amines) is 1. The largest absolute Gasteiger partial charge is 0.323 e. The van der Waals surface area contributed by atoms with E-state index in [0.717, 1.165) is 55.9 Å². The van der Waals surface area contributed by atoms with Crippen molar-refractivity contribution >= 4 is 23.5 Å². The molecule has 0 aliphatic carbocycles. The van der Waals surface area contributed by atoms with Crippen LogP contribution < -0.4 is 10.6 Å². The number of carbonyl (C=O) groups is 2. The fourth-order valence-corrected chi connectivity index (χ4v) is 5.04. The second-order valence-corrected chi connectivity index (χ2v) is 8.77. The fourth-order valence-electron chi connectivity index (χ4n) is 4.84. The molecule has 5 nitrogen and oxygen atoms in total. The van der Waals surface area contributed by atoms with Gasteiger partial charge in [0.25, 0.3) is 5.91 Å². The molecule has 1 atom stereocenters. The summed E-state index contributed by atoms with van der Waals surface area (Å²) in [6.45, 7) is 2.59. The second-order valence-electron chi connectivity index (χ2n) is 8.36. The molecule has 2 N–H and O–H groups in total.